The third kappa shape index (κ3) is 6.57. The zero-order valence-corrected chi connectivity index (χ0v) is 10.3. The Kier molecular flexibility index (Phi) is 5.67. The summed E-state index contributed by atoms with van der Waals surface area (Å²) in [7, 11) is 0. The maximum atomic E-state index is 11.4. The first-order valence-electron chi connectivity index (χ1n) is 5.18. The van der Waals surface area contributed by atoms with Crippen molar-refractivity contribution in [3.05, 3.63) is 12.7 Å². The summed E-state index contributed by atoms with van der Waals surface area (Å²) < 4.78 is 4.96. The molecule has 0 bridgehead atoms. The Morgan fingerprint density at radius 2 is 2.00 bits per heavy atom. The highest BCUT2D eigenvalue weighted by Gasteiger charge is 2.28. The fourth-order valence-corrected chi connectivity index (χ4v) is 1.08. The number of hydrogen-bond acceptors (Lipinski definition) is 4. The van der Waals surface area contributed by atoms with Gasteiger partial charge < -0.3 is 20.3 Å². The molecule has 0 spiro atoms. The lowest BCUT2D eigenvalue weighted by atomic mass is 10.1. The second-order valence-electron chi connectivity index (χ2n) is 4.56. The minimum Gasteiger partial charge on any atom is -0.479 e. The molecule has 17 heavy (non-hydrogen) atoms. The first-order chi connectivity index (χ1) is 7.67. The number of hydrogen-bond donors (Lipinski definition) is 3. The van der Waals surface area contributed by atoms with E-state index < -0.39 is 29.8 Å². The highest BCUT2D eigenvalue weighted by molar-refractivity contribution is 5.75. The highest BCUT2D eigenvalue weighted by atomic mass is 16.6. The SMILES string of the molecule is C=CCC(NC(=O)OC(C)(C)C)C(O)C(=O)O. The van der Waals surface area contributed by atoms with Crippen LogP contribution in [0.15, 0.2) is 12.7 Å². The number of amides is 1. The summed E-state index contributed by atoms with van der Waals surface area (Å²) in [5, 5.41) is 20.3. The molecule has 2 atom stereocenters. The van der Waals surface area contributed by atoms with Gasteiger partial charge in [-0.3, -0.25) is 0 Å². The van der Waals surface area contributed by atoms with E-state index in [1.807, 2.05) is 0 Å². The lowest BCUT2D eigenvalue weighted by molar-refractivity contribution is -0.148. The van der Waals surface area contributed by atoms with Crippen LogP contribution < -0.4 is 5.32 Å². The van der Waals surface area contributed by atoms with Gasteiger partial charge in [0.05, 0.1) is 6.04 Å². The minimum atomic E-state index is -1.69. The number of carboxylic acid groups (broad SMARTS) is 1. The molecule has 0 saturated heterocycles. The third-order valence-corrected chi connectivity index (χ3v) is 1.76. The molecule has 98 valence electrons. The number of nitrogens with one attached hydrogen (secondary N) is 1. The van der Waals surface area contributed by atoms with Gasteiger partial charge in [-0.15, -0.1) is 6.58 Å². The summed E-state index contributed by atoms with van der Waals surface area (Å²) in [6.07, 6.45) is -0.925. The lowest BCUT2D eigenvalue weighted by Gasteiger charge is -2.24. The molecule has 0 aliphatic carbocycles. The van der Waals surface area contributed by atoms with E-state index in [1.54, 1.807) is 20.8 Å². The van der Waals surface area contributed by atoms with Crippen LogP contribution in [-0.2, 0) is 9.53 Å². The molecule has 2 unspecified atom stereocenters. The Hall–Kier alpha value is -1.56. The smallest absolute Gasteiger partial charge is 0.407 e. The van der Waals surface area contributed by atoms with Gasteiger partial charge in [0.25, 0.3) is 0 Å². The Bertz CT molecular complexity index is 295. The number of aliphatic carboxylic acids is 1. The number of aliphatic hydroxyl groups is 1. The van der Waals surface area contributed by atoms with Crippen LogP contribution in [0.25, 0.3) is 0 Å². The van der Waals surface area contributed by atoms with Crippen molar-refractivity contribution in [2.24, 2.45) is 0 Å². The Labute approximate surface area is 100 Å². The first kappa shape index (κ1) is 15.4. The van der Waals surface area contributed by atoms with E-state index in [4.69, 9.17) is 9.84 Å². The van der Waals surface area contributed by atoms with Crippen molar-refractivity contribution in [3.63, 3.8) is 0 Å². The van der Waals surface area contributed by atoms with E-state index in [-0.39, 0.29) is 6.42 Å². The summed E-state index contributed by atoms with van der Waals surface area (Å²) in [4.78, 5) is 22.0. The van der Waals surface area contributed by atoms with Crippen molar-refractivity contribution >= 4 is 12.1 Å². The summed E-state index contributed by atoms with van der Waals surface area (Å²) in [6.45, 7) is 8.48. The van der Waals surface area contributed by atoms with Gasteiger partial charge in [0.15, 0.2) is 6.10 Å². The van der Waals surface area contributed by atoms with Gasteiger partial charge in [0.2, 0.25) is 0 Å². The van der Waals surface area contributed by atoms with Gasteiger partial charge in [-0.05, 0) is 27.2 Å². The predicted molar refractivity (Wildman–Crippen MR) is 61.6 cm³/mol. The van der Waals surface area contributed by atoms with Crippen molar-refractivity contribution in [2.75, 3.05) is 0 Å². The van der Waals surface area contributed by atoms with Gasteiger partial charge in [-0.25, -0.2) is 9.59 Å². The number of carbonyl (C=O) groups excluding carboxylic acids is 1. The second-order valence-corrected chi connectivity index (χ2v) is 4.56. The van der Waals surface area contributed by atoms with Crippen LogP contribution >= 0.6 is 0 Å². The van der Waals surface area contributed by atoms with Crippen LogP contribution in [0.4, 0.5) is 4.79 Å². The van der Waals surface area contributed by atoms with E-state index >= 15 is 0 Å². The molecule has 6 nitrogen and oxygen atoms in total. The number of carboxylic acids is 1. The highest BCUT2D eigenvalue weighted by Crippen LogP contribution is 2.08. The molecular weight excluding hydrogens is 226 g/mol. The van der Waals surface area contributed by atoms with Crippen LogP contribution in [0.2, 0.25) is 0 Å². The molecule has 0 saturated carbocycles. The van der Waals surface area contributed by atoms with Crippen LogP contribution in [0.1, 0.15) is 27.2 Å². The van der Waals surface area contributed by atoms with Crippen molar-refractivity contribution in [3.8, 4) is 0 Å². The van der Waals surface area contributed by atoms with Crippen LogP contribution in [0, 0.1) is 0 Å². The molecular formula is C11H19NO5. The average molecular weight is 245 g/mol. The van der Waals surface area contributed by atoms with Crippen LogP contribution in [0.5, 0.6) is 0 Å². The van der Waals surface area contributed by atoms with Crippen LogP contribution in [-0.4, -0.2) is 40.0 Å². The Morgan fingerprint density at radius 3 is 2.35 bits per heavy atom. The van der Waals surface area contributed by atoms with Crippen molar-refractivity contribution in [1.82, 2.24) is 5.32 Å². The fourth-order valence-electron chi connectivity index (χ4n) is 1.08. The molecule has 0 rings (SSSR count). The van der Waals surface area contributed by atoms with Crippen molar-refractivity contribution < 1.29 is 24.5 Å². The topological polar surface area (TPSA) is 95.9 Å². The standard InChI is InChI=1S/C11H19NO5/c1-5-6-7(8(13)9(14)15)12-10(16)17-11(2,3)4/h5,7-8,13H,1,6H2,2-4H3,(H,12,16)(H,14,15). The molecule has 0 fully saturated rings. The van der Waals surface area contributed by atoms with E-state index in [0.29, 0.717) is 0 Å². The van der Waals surface area contributed by atoms with E-state index in [1.165, 1.54) is 6.08 Å². The van der Waals surface area contributed by atoms with E-state index in [2.05, 4.69) is 11.9 Å². The van der Waals surface area contributed by atoms with Gasteiger partial charge >= 0.3 is 12.1 Å². The third-order valence-electron chi connectivity index (χ3n) is 1.76. The van der Waals surface area contributed by atoms with Gasteiger partial charge in [-0.1, -0.05) is 6.08 Å². The Balaban J connectivity index is 4.49. The molecule has 1 amide bonds. The maximum absolute atomic E-state index is 11.4. The van der Waals surface area contributed by atoms with Gasteiger partial charge in [-0.2, -0.15) is 0 Å². The lowest BCUT2D eigenvalue weighted by Crippen LogP contribution is -2.48. The summed E-state index contributed by atoms with van der Waals surface area (Å²) >= 11 is 0. The molecule has 0 aliphatic heterocycles. The van der Waals surface area contributed by atoms with Gasteiger partial charge in [0, 0.05) is 0 Å². The minimum absolute atomic E-state index is 0.132. The molecule has 3 N–H and O–H groups in total. The summed E-state index contributed by atoms with van der Waals surface area (Å²) in [5.41, 5.74) is -0.684. The summed E-state index contributed by atoms with van der Waals surface area (Å²) in [6, 6.07) is -0.958. The summed E-state index contributed by atoms with van der Waals surface area (Å²) in [5.74, 6) is -1.41. The molecule has 0 aromatic heterocycles. The maximum Gasteiger partial charge on any atom is 0.407 e. The van der Waals surface area contributed by atoms with Crippen LogP contribution in [0.3, 0.4) is 0 Å². The zero-order valence-electron chi connectivity index (χ0n) is 10.3. The monoisotopic (exact) mass is 245 g/mol. The predicted octanol–water partition coefficient (Wildman–Crippen LogP) is 0.901. The number of aliphatic hydroxyl groups excluding tert-OH is 1. The van der Waals surface area contributed by atoms with Crippen molar-refractivity contribution in [1.29, 1.82) is 0 Å². The molecule has 6 heteroatoms. The Morgan fingerprint density at radius 1 is 1.47 bits per heavy atom. The second kappa shape index (κ2) is 6.24. The molecule has 0 aromatic rings. The quantitative estimate of drug-likeness (QED) is 0.625. The van der Waals surface area contributed by atoms with Crippen molar-refractivity contribution in [2.45, 2.75) is 44.9 Å². The first-order valence-corrected chi connectivity index (χ1v) is 5.18. The largest absolute Gasteiger partial charge is 0.479 e. The normalized spacial score (nSPS) is 14.6. The molecule has 0 aliphatic rings. The number of ether oxygens (including phenoxy) is 1. The average Bonchev–Trinajstić information content (AvgIpc) is 2.12. The van der Waals surface area contributed by atoms with E-state index in [9.17, 15) is 14.7 Å². The number of rotatable bonds is 5. The number of alkyl carbamates (subject to hydrolysis) is 1. The molecule has 0 radical (unpaired) electrons. The zero-order chi connectivity index (χ0) is 13.6. The molecule has 0 aromatic carbocycles. The van der Waals surface area contributed by atoms with E-state index in [0.717, 1.165) is 0 Å². The fraction of sp³-hybridized carbons (Fsp3) is 0.636. The number of carbonyl (C=O) groups is 2. The molecule has 0 heterocycles. The van der Waals surface area contributed by atoms with Gasteiger partial charge in [0.1, 0.15) is 5.60 Å².